The predicted octanol–water partition coefficient (Wildman–Crippen LogP) is 5.02. The summed E-state index contributed by atoms with van der Waals surface area (Å²) in [5.41, 5.74) is -0.142. The van der Waals surface area contributed by atoms with E-state index in [0.717, 1.165) is 57.8 Å². The molecule has 4 aliphatic carbocycles. The molecule has 4 aliphatic rings. The van der Waals surface area contributed by atoms with Crippen molar-refractivity contribution in [2.24, 2.45) is 34.5 Å². The molecule has 4 saturated carbocycles. The molecule has 0 aromatic heterocycles. The lowest BCUT2D eigenvalue weighted by Gasteiger charge is -2.65. The fourth-order valence-corrected chi connectivity index (χ4v) is 9.87. The first-order chi connectivity index (χ1) is 14.6. The van der Waals surface area contributed by atoms with Gasteiger partial charge in [0.1, 0.15) is 12.2 Å². The molecule has 0 amide bonds. The number of rotatable bonds is 4. The summed E-state index contributed by atoms with van der Waals surface area (Å²) in [5.74, 6) is 1.72. The fourth-order valence-electron chi connectivity index (χ4n) is 8.66. The van der Waals surface area contributed by atoms with E-state index in [-0.39, 0.29) is 45.9 Å². The van der Waals surface area contributed by atoms with Crippen LogP contribution in [0.4, 0.5) is 0 Å². The van der Waals surface area contributed by atoms with Crippen LogP contribution in [0.1, 0.15) is 85.5 Å². The molecular weight excluding hydrogens is 460 g/mol. The van der Waals surface area contributed by atoms with Gasteiger partial charge in [0.15, 0.2) is 0 Å². The maximum Gasteiger partial charge on any atom is 0.302 e. The van der Waals surface area contributed by atoms with Crippen molar-refractivity contribution < 1.29 is 24.2 Å². The van der Waals surface area contributed by atoms with Crippen molar-refractivity contribution in [2.75, 3.05) is 6.61 Å². The van der Waals surface area contributed by atoms with E-state index < -0.39 is 0 Å². The van der Waals surface area contributed by atoms with Crippen LogP contribution < -0.4 is 0 Å². The highest BCUT2D eigenvalue weighted by Crippen LogP contribution is 2.70. The Balaban J connectivity index is 1.64. The van der Waals surface area contributed by atoms with E-state index in [1.54, 1.807) is 0 Å². The molecule has 0 aromatic carbocycles. The molecule has 0 bridgehead atoms. The predicted molar refractivity (Wildman–Crippen MR) is 122 cm³/mol. The number of halogens is 1. The van der Waals surface area contributed by atoms with Crippen molar-refractivity contribution in [3.05, 3.63) is 0 Å². The lowest BCUT2D eigenvalue weighted by Crippen LogP contribution is -2.63. The molecule has 5 nitrogen and oxygen atoms in total. The molecule has 0 aliphatic heterocycles. The van der Waals surface area contributed by atoms with Crippen molar-refractivity contribution in [3.63, 3.8) is 0 Å². The zero-order valence-corrected chi connectivity index (χ0v) is 21.1. The van der Waals surface area contributed by atoms with Gasteiger partial charge >= 0.3 is 11.9 Å². The van der Waals surface area contributed by atoms with Gasteiger partial charge in [-0.1, -0.05) is 36.2 Å². The monoisotopic (exact) mass is 498 g/mol. The van der Waals surface area contributed by atoms with Gasteiger partial charge in [-0.3, -0.25) is 9.59 Å². The molecule has 31 heavy (non-hydrogen) atoms. The summed E-state index contributed by atoms with van der Waals surface area (Å²) in [6, 6.07) is 0. The molecule has 0 heterocycles. The van der Waals surface area contributed by atoms with Crippen LogP contribution in [-0.2, 0) is 19.1 Å². The molecule has 0 aromatic rings. The summed E-state index contributed by atoms with van der Waals surface area (Å²) in [4.78, 5) is 23.4. The van der Waals surface area contributed by atoms with Crippen LogP contribution in [0.15, 0.2) is 0 Å². The maximum atomic E-state index is 11.8. The third-order valence-corrected chi connectivity index (χ3v) is 11.4. The smallest absolute Gasteiger partial charge is 0.302 e. The number of hydrogen-bond donors (Lipinski definition) is 1. The number of carbonyl (C=O) groups excluding carboxylic acids is 2. The Morgan fingerprint density at radius 2 is 1.77 bits per heavy atom. The first-order valence-electron chi connectivity index (χ1n) is 12.2. The zero-order chi connectivity index (χ0) is 22.6. The number of aliphatic hydroxyl groups excluding tert-OH is 1. The Kier molecular flexibility index (Phi) is 6.30. The molecule has 6 heteroatoms. The highest BCUT2D eigenvalue weighted by atomic mass is 79.9. The van der Waals surface area contributed by atoms with E-state index in [1.165, 1.54) is 13.8 Å². The van der Waals surface area contributed by atoms with Gasteiger partial charge in [-0.25, -0.2) is 0 Å². The largest absolute Gasteiger partial charge is 0.463 e. The number of esters is 2. The Morgan fingerprint density at radius 1 is 1.06 bits per heavy atom. The number of alkyl halides is 1. The van der Waals surface area contributed by atoms with Crippen LogP contribution >= 0.6 is 15.9 Å². The minimum atomic E-state index is -0.215. The minimum Gasteiger partial charge on any atom is -0.463 e. The van der Waals surface area contributed by atoms with Gasteiger partial charge < -0.3 is 14.6 Å². The van der Waals surface area contributed by atoms with Gasteiger partial charge in [-0.2, -0.15) is 0 Å². The van der Waals surface area contributed by atoms with E-state index in [4.69, 9.17) is 9.47 Å². The zero-order valence-electron chi connectivity index (χ0n) is 19.5. The second-order valence-corrected chi connectivity index (χ2v) is 12.7. The molecular formula is C25H39BrO5. The number of carbonyl (C=O) groups is 2. The van der Waals surface area contributed by atoms with Crippen LogP contribution in [0.3, 0.4) is 0 Å². The Bertz CT molecular complexity index is 727. The highest BCUT2D eigenvalue weighted by Gasteiger charge is 2.67. The van der Waals surface area contributed by atoms with Crippen molar-refractivity contribution in [2.45, 2.75) is 102 Å². The average Bonchev–Trinajstić information content (AvgIpc) is 2.98. The Hall–Kier alpha value is -0.620. The lowest BCUT2D eigenvalue weighted by atomic mass is 9.44. The van der Waals surface area contributed by atoms with Crippen LogP contribution in [0.25, 0.3) is 0 Å². The standard InChI is InChI=1S/C25H39BrO5/c1-5-17-12-21(31-16(3)29)23(4)9-8-20-19(22(17)23)7-11-25(26)13-18(30-15(2)28)6-10-24(20,25)14-27/h17-22,27H,5-14H2,1-4H3/t17-,18-,19+,20-,21-,22-,23+,24-,25-/m0/s1. The van der Waals surface area contributed by atoms with Crippen molar-refractivity contribution in [1.29, 1.82) is 0 Å². The van der Waals surface area contributed by atoms with Crippen molar-refractivity contribution in [3.8, 4) is 0 Å². The van der Waals surface area contributed by atoms with Gasteiger partial charge in [-0.05, 0) is 68.6 Å². The molecule has 4 rings (SSSR count). The van der Waals surface area contributed by atoms with Crippen LogP contribution in [0, 0.1) is 34.5 Å². The molecule has 0 spiro atoms. The summed E-state index contributed by atoms with van der Waals surface area (Å²) in [5, 5.41) is 10.8. The quantitative estimate of drug-likeness (QED) is 0.435. The highest BCUT2D eigenvalue weighted by molar-refractivity contribution is 9.10. The molecule has 9 atom stereocenters. The normalized spacial score (nSPS) is 48.8. The summed E-state index contributed by atoms with van der Waals surface area (Å²) < 4.78 is 11.3. The molecule has 0 saturated heterocycles. The summed E-state index contributed by atoms with van der Waals surface area (Å²) in [6.45, 7) is 7.83. The molecule has 1 N–H and O–H groups in total. The third kappa shape index (κ3) is 3.59. The van der Waals surface area contributed by atoms with Gasteiger partial charge in [0.2, 0.25) is 0 Å². The summed E-state index contributed by atoms with van der Waals surface area (Å²) in [7, 11) is 0. The Morgan fingerprint density at radius 3 is 2.39 bits per heavy atom. The number of hydrogen-bond acceptors (Lipinski definition) is 5. The van der Waals surface area contributed by atoms with Crippen molar-refractivity contribution >= 4 is 27.9 Å². The SMILES string of the molecule is CC[C@H]1C[C@H](OC(C)=O)[C@@]2(C)CC[C@H]3[C@@H](CC[C@]4(Br)C[C@@H](OC(C)=O)CC[C@]34CO)[C@H]12. The molecule has 0 unspecified atom stereocenters. The van der Waals surface area contributed by atoms with Gasteiger partial charge in [0.25, 0.3) is 0 Å². The van der Waals surface area contributed by atoms with Gasteiger partial charge in [0, 0.05) is 35.4 Å². The number of aliphatic hydroxyl groups is 1. The van der Waals surface area contributed by atoms with E-state index in [0.29, 0.717) is 23.7 Å². The topological polar surface area (TPSA) is 72.8 Å². The van der Waals surface area contributed by atoms with E-state index in [1.807, 2.05) is 0 Å². The molecule has 176 valence electrons. The van der Waals surface area contributed by atoms with E-state index in [9.17, 15) is 14.7 Å². The van der Waals surface area contributed by atoms with Crippen LogP contribution in [-0.4, -0.2) is 40.2 Å². The first-order valence-corrected chi connectivity index (χ1v) is 13.0. The lowest BCUT2D eigenvalue weighted by molar-refractivity contribution is -0.172. The summed E-state index contributed by atoms with van der Waals surface area (Å²) >= 11 is 4.12. The first kappa shape index (κ1) is 23.5. The molecule has 0 radical (unpaired) electrons. The van der Waals surface area contributed by atoms with Crippen molar-refractivity contribution in [1.82, 2.24) is 0 Å². The molecule has 4 fully saturated rings. The second-order valence-electron chi connectivity index (χ2n) is 11.1. The minimum absolute atomic E-state index is 0.0151. The van der Waals surface area contributed by atoms with Gasteiger partial charge in [-0.15, -0.1) is 0 Å². The van der Waals surface area contributed by atoms with Crippen LogP contribution in [0.5, 0.6) is 0 Å². The Labute approximate surface area is 195 Å². The second kappa shape index (κ2) is 8.30. The van der Waals surface area contributed by atoms with E-state index in [2.05, 4.69) is 29.8 Å². The third-order valence-electron chi connectivity index (χ3n) is 9.88. The number of ether oxygens (including phenoxy) is 2. The van der Waals surface area contributed by atoms with E-state index >= 15 is 0 Å². The fraction of sp³-hybridized carbons (Fsp3) is 0.920. The number of fused-ring (bicyclic) bond motifs is 5. The maximum absolute atomic E-state index is 11.8. The van der Waals surface area contributed by atoms with Crippen LogP contribution in [0.2, 0.25) is 0 Å². The average molecular weight is 499 g/mol. The van der Waals surface area contributed by atoms with Gasteiger partial charge in [0.05, 0.1) is 6.61 Å². The summed E-state index contributed by atoms with van der Waals surface area (Å²) in [6.07, 6.45) is 8.76.